The van der Waals surface area contributed by atoms with Gasteiger partial charge in [0.1, 0.15) is 0 Å². The van der Waals surface area contributed by atoms with Gasteiger partial charge < -0.3 is 26.3 Å². The number of para-hydroxylation sites is 1. The Kier molecular flexibility index (Phi) is 10.9. The van der Waals surface area contributed by atoms with E-state index in [9.17, 15) is 9.59 Å². The highest BCUT2D eigenvalue weighted by molar-refractivity contribution is 5.83. The van der Waals surface area contributed by atoms with Crippen LogP contribution in [-0.4, -0.2) is 64.6 Å². The fraction of sp³-hybridized carbons (Fsp3) is 0.551. The zero-order valence-corrected chi connectivity index (χ0v) is 34.1. The number of urea groups is 2. The molecule has 9 nitrogen and oxygen atoms in total. The molecular weight excluding hydrogens is 719 g/mol. The van der Waals surface area contributed by atoms with Gasteiger partial charge >= 0.3 is 12.1 Å². The number of aromatic nitrogens is 1. The maximum atomic E-state index is 13.5. The molecule has 3 aromatic carbocycles. The van der Waals surface area contributed by atoms with E-state index in [1.807, 2.05) is 12.3 Å². The fourth-order valence-corrected chi connectivity index (χ4v) is 12.4. The second kappa shape index (κ2) is 16.7. The van der Waals surface area contributed by atoms with E-state index in [0.29, 0.717) is 37.1 Å². The van der Waals surface area contributed by atoms with E-state index in [-0.39, 0.29) is 30.2 Å². The second-order valence-corrected chi connectivity index (χ2v) is 18.7. The molecule has 58 heavy (non-hydrogen) atoms. The van der Waals surface area contributed by atoms with Crippen molar-refractivity contribution in [3.05, 3.63) is 107 Å². The minimum atomic E-state index is -0.246. The van der Waals surface area contributed by atoms with Crippen LogP contribution >= 0.6 is 0 Å². The number of hydrogen-bond donors (Lipinski definition) is 5. The van der Waals surface area contributed by atoms with Gasteiger partial charge in [0.25, 0.3) is 0 Å². The van der Waals surface area contributed by atoms with Crippen LogP contribution in [-0.2, 0) is 6.42 Å². The SMILES string of the molecule is O=C(NCC(Cc1c[nH]c2ccccc12)NC(=O)NC1CCC(CCN2C3CCC2c2ccccc23)CC1)NC1CCC(CCN2C3CCC2c2ccccc23)CC1. The number of carbonyl (C=O) groups is 2. The number of carbonyl (C=O) groups excluding carboxylic acids is 2. The highest BCUT2D eigenvalue weighted by Gasteiger charge is 2.44. The minimum Gasteiger partial charge on any atom is -0.361 e. The number of aromatic amines is 1. The largest absolute Gasteiger partial charge is 0.361 e. The smallest absolute Gasteiger partial charge is 0.315 e. The summed E-state index contributed by atoms with van der Waals surface area (Å²) in [5.41, 5.74) is 8.49. The van der Waals surface area contributed by atoms with Gasteiger partial charge in [0.05, 0.1) is 6.04 Å². The van der Waals surface area contributed by atoms with Crippen molar-refractivity contribution < 1.29 is 9.59 Å². The molecule has 6 aliphatic rings. The maximum Gasteiger partial charge on any atom is 0.315 e. The van der Waals surface area contributed by atoms with Crippen LogP contribution in [0.15, 0.2) is 79.0 Å². The quantitative estimate of drug-likeness (QED) is 0.0933. The van der Waals surface area contributed by atoms with E-state index in [0.717, 1.165) is 66.8 Å². The Bertz CT molecular complexity index is 2000. The van der Waals surface area contributed by atoms with Gasteiger partial charge in [-0.15, -0.1) is 0 Å². The molecule has 1 aromatic heterocycles. The van der Waals surface area contributed by atoms with Crippen molar-refractivity contribution in [2.24, 2.45) is 11.8 Å². The van der Waals surface area contributed by atoms with Gasteiger partial charge in [0, 0.05) is 59.9 Å². The zero-order valence-electron chi connectivity index (χ0n) is 34.1. The number of amides is 4. The van der Waals surface area contributed by atoms with E-state index in [4.69, 9.17) is 0 Å². The summed E-state index contributed by atoms with van der Waals surface area (Å²) >= 11 is 0. The van der Waals surface area contributed by atoms with Crippen molar-refractivity contribution >= 4 is 23.0 Å². The summed E-state index contributed by atoms with van der Waals surface area (Å²) in [6, 6.07) is 28.8. The van der Waals surface area contributed by atoms with Crippen LogP contribution in [0, 0.1) is 11.8 Å². The molecule has 5 unspecified atom stereocenters. The van der Waals surface area contributed by atoms with Crippen molar-refractivity contribution in [1.82, 2.24) is 36.1 Å². The number of nitrogens with one attached hydrogen (secondary N) is 5. The molecular formula is C49H63N7O2. The van der Waals surface area contributed by atoms with Crippen LogP contribution in [0.4, 0.5) is 9.59 Å². The Hall–Kier alpha value is -4.34. The summed E-state index contributed by atoms with van der Waals surface area (Å²) in [5, 5.41) is 14.2. The van der Waals surface area contributed by atoms with Gasteiger partial charge in [-0.2, -0.15) is 0 Å². The topological polar surface area (TPSA) is 105 Å². The molecule has 4 aromatic rings. The highest BCUT2D eigenvalue weighted by Crippen LogP contribution is 2.54. The third-order valence-corrected chi connectivity index (χ3v) is 15.4. The predicted molar refractivity (Wildman–Crippen MR) is 230 cm³/mol. The first-order chi connectivity index (χ1) is 28.5. The van der Waals surface area contributed by atoms with E-state index in [1.165, 1.54) is 64.5 Å². The minimum absolute atomic E-state index is 0.133. The molecule has 4 aliphatic heterocycles. The summed E-state index contributed by atoms with van der Waals surface area (Å²) in [7, 11) is 0. The monoisotopic (exact) mass is 782 g/mol. The summed E-state index contributed by atoms with van der Waals surface area (Å²) in [6.45, 7) is 2.73. The van der Waals surface area contributed by atoms with Gasteiger partial charge in [0.15, 0.2) is 0 Å². The summed E-state index contributed by atoms with van der Waals surface area (Å²) < 4.78 is 0. The van der Waals surface area contributed by atoms with Crippen LogP contribution in [0.2, 0.25) is 0 Å². The molecule has 2 saturated carbocycles. The Morgan fingerprint density at radius 3 is 1.57 bits per heavy atom. The van der Waals surface area contributed by atoms with Gasteiger partial charge in [0.2, 0.25) is 0 Å². The molecule has 0 spiro atoms. The summed E-state index contributed by atoms with van der Waals surface area (Å²) in [4.78, 5) is 35.8. The Balaban J connectivity index is 0.673. The number of benzene rings is 3. The van der Waals surface area contributed by atoms with Gasteiger partial charge in [-0.3, -0.25) is 9.80 Å². The first kappa shape index (κ1) is 37.9. The van der Waals surface area contributed by atoms with Crippen LogP contribution < -0.4 is 21.3 Å². The van der Waals surface area contributed by atoms with Crippen molar-refractivity contribution in [3.8, 4) is 0 Å². The van der Waals surface area contributed by atoms with Crippen LogP contribution in [0.25, 0.3) is 10.9 Å². The lowest BCUT2D eigenvalue weighted by atomic mass is 9.84. The number of nitrogens with zero attached hydrogens (tertiary/aromatic N) is 2. The van der Waals surface area contributed by atoms with E-state index in [1.54, 1.807) is 22.3 Å². The molecule has 2 aliphatic carbocycles. The number of rotatable bonds is 13. The van der Waals surface area contributed by atoms with E-state index >= 15 is 0 Å². The van der Waals surface area contributed by atoms with Crippen molar-refractivity contribution in [3.63, 3.8) is 0 Å². The zero-order chi connectivity index (χ0) is 39.0. The molecule has 4 amide bonds. The average Bonchev–Trinajstić information content (AvgIpc) is 4.09. The average molecular weight is 782 g/mol. The second-order valence-electron chi connectivity index (χ2n) is 18.7. The summed E-state index contributed by atoms with van der Waals surface area (Å²) in [5.74, 6) is 1.45. The Labute approximate surface area is 344 Å². The predicted octanol–water partition coefficient (Wildman–Crippen LogP) is 9.36. The fourth-order valence-electron chi connectivity index (χ4n) is 12.4. The number of hydrogen-bond acceptors (Lipinski definition) is 4. The lowest BCUT2D eigenvalue weighted by molar-refractivity contribution is 0.184. The van der Waals surface area contributed by atoms with E-state index in [2.05, 4.69) is 103 Å². The third-order valence-electron chi connectivity index (χ3n) is 15.4. The lowest BCUT2D eigenvalue weighted by Gasteiger charge is -2.32. The number of H-pyrrole nitrogens is 1. The molecule has 5 N–H and O–H groups in total. The summed E-state index contributed by atoms with van der Waals surface area (Å²) in [6.07, 6.45) is 19.1. The number of fused-ring (bicyclic) bond motifs is 11. The third kappa shape index (κ3) is 7.77. The molecule has 0 radical (unpaired) electrons. The molecule has 10 rings (SSSR count). The van der Waals surface area contributed by atoms with Crippen LogP contribution in [0.5, 0.6) is 0 Å². The standard InChI is InChI=1S/C49H63N7O2/c57-48(52-35-17-13-32(14-18-35)25-27-55-44-21-22-45(55)40-9-2-1-8-39(40)44)51-31-37(29-34-30-50-43-12-6-5-7-38(34)43)54-49(58)53-36-19-15-33(16-20-36)26-28-56-46-23-24-47(56)42-11-4-3-10-41(42)46/h1-12,30,32-33,35-37,44-47,50H,13-29,31H2,(H2,51,52,57)(H2,53,54,58). The molecule has 5 atom stereocenters. The Morgan fingerprint density at radius 1 is 0.586 bits per heavy atom. The van der Waals surface area contributed by atoms with Gasteiger partial charge in [-0.05, 0) is 155 Å². The molecule has 5 heterocycles. The van der Waals surface area contributed by atoms with E-state index < -0.39 is 0 Å². The first-order valence-corrected chi connectivity index (χ1v) is 22.9. The van der Waals surface area contributed by atoms with Crippen molar-refractivity contribution in [1.29, 1.82) is 0 Å². The molecule has 4 fully saturated rings. The maximum absolute atomic E-state index is 13.5. The van der Waals surface area contributed by atoms with Crippen LogP contribution in [0.3, 0.4) is 0 Å². The Morgan fingerprint density at radius 2 is 1.05 bits per heavy atom. The first-order valence-electron chi connectivity index (χ1n) is 22.9. The molecule has 9 heteroatoms. The molecule has 306 valence electrons. The molecule has 4 bridgehead atoms. The van der Waals surface area contributed by atoms with Crippen molar-refractivity contribution in [2.45, 2.75) is 139 Å². The van der Waals surface area contributed by atoms with Crippen molar-refractivity contribution in [2.75, 3.05) is 19.6 Å². The van der Waals surface area contributed by atoms with Gasteiger partial charge in [-0.1, -0.05) is 66.7 Å². The highest BCUT2D eigenvalue weighted by atomic mass is 16.2. The lowest BCUT2D eigenvalue weighted by Crippen LogP contribution is -2.53. The van der Waals surface area contributed by atoms with Gasteiger partial charge in [-0.25, -0.2) is 9.59 Å². The van der Waals surface area contributed by atoms with Crippen LogP contribution in [0.1, 0.15) is 142 Å². The normalized spacial score (nSPS) is 29.2. The molecule has 2 saturated heterocycles.